The van der Waals surface area contributed by atoms with Crippen LogP contribution in [0.3, 0.4) is 0 Å². The van der Waals surface area contributed by atoms with Crippen molar-refractivity contribution in [1.82, 2.24) is 5.32 Å². The van der Waals surface area contributed by atoms with E-state index in [2.05, 4.69) is 11.9 Å². The topological polar surface area (TPSA) is 29.1 Å². The number of nitrogens with one attached hydrogen (secondary N) is 1. The zero-order chi connectivity index (χ0) is 9.52. The van der Waals surface area contributed by atoms with Gasteiger partial charge in [0.2, 0.25) is 0 Å². The second-order valence-corrected chi connectivity index (χ2v) is 3.65. The van der Waals surface area contributed by atoms with Gasteiger partial charge in [-0.15, -0.1) is 6.58 Å². The van der Waals surface area contributed by atoms with Crippen molar-refractivity contribution in [3.05, 3.63) is 12.7 Å². The van der Waals surface area contributed by atoms with Crippen LogP contribution in [0.2, 0.25) is 0 Å². The smallest absolute Gasteiger partial charge is 0.150 e. The van der Waals surface area contributed by atoms with E-state index in [0.29, 0.717) is 12.2 Å². The quantitative estimate of drug-likeness (QED) is 0.672. The van der Waals surface area contributed by atoms with Crippen molar-refractivity contribution in [1.29, 1.82) is 0 Å². The van der Waals surface area contributed by atoms with Gasteiger partial charge in [0, 0.05) is 6.42 Å². The Morgan fingerprint density at radius 2 is 2.31 bits per heavy atom. The number of allylic oxidation sites excluding steroid dienone is 1. The standard InChI is InChI=1S/C11H19NO/c1-2-3-8-11(13)10-7-5-4-6-9-12-10/h2,10,12H,1,3-9H2. The van der Waals surface area contributed by atoms with Gasteiger partial charge in [0.15, 0.2) is 0 Å². The summed E-state index contributed by atoms with van der Waals surface area (Å²) in [6, 6.07) is 0.127. The summed E-state index contributed by atoms with van der Waals surface area (Å²) in [6.45, 7) is 4.63. The molecule has 1 unspecified atom stereocenters. The maximum Gasteiger partial charge on any atom is 0.150 e. The van der Waals surface area contributed by atoms with Crippen LogP contribution >= 0.6 is 0 Å². The molecule has 1 saturated heterocycles. The molecule has 1 rings (SSSR count). The van der Waals surface area contributed by atoms with E-state index in [9.17, 15) is 4.79 Å². The van der Waals surface area contributed by atoms with E-state index in [4.69, 9.17) is 0 Å². The molecule has 0 aromatic carbocycles. The Hall–Kier alpha value is -0.630. The van der Waals surface area contributed by atoms with Gasteiger partial charge in [-0.1, -0.05) is 18.9 Å². The van der Waals surface area contributed by atoms with Crippen LogP contribution in [0.1, 0.15) is 38.5 Å². The number of ketones is 1. The average Bonchev–Trinajstić information content (AvgIpc) is 2.42. The van der Waals surface area contributed by atoms with Gasteiger partial charge in [0.1, 0.15) is 5.78 Å². The van der Waals surface area contributed by atoms with E-state index >= 15 is 0 Å². The van der Waals surface area contributed by atoms with Crippen LogP contribution in [0.25, 0.3) is 0 Å². The van der Waals surface area contributed by atoms with E-state index in [1.807, 2.05) is 6.08 Å². The predicted octanol–water partition coefficient (Wildman–Crippen LogP) is 2.05. The molecular weight excluding hydrogens is 162 g/mol. The second kappa shape index (κ2) is 5.92. The molecular formula is C11H19NO. The van der Waals surface area contributed by atoms with Gasteiger partial charge >= 0.3 is 0 Å². The van der Waals surface area contributed by atoms with Gasteiger partial charge in [0.25, 0.3) is 0 Å². The minimum Gasteiger partial charge on any atom is -0.307 e. The fraction of sp³-hybridized carbons (Fsp3) is 0.727. The Kier molecular flexibility index (Phi) is 4.76. The summed E-state index contributed by atoms with van der Waals surface area (Å²) >= 11 is 0. The van der Waals surface area contributed by atoms with Crippen molar-refractivity contribution in [2.45, 2.75) is 44.6 Å². The molecule has 1 aliphatic heterocycles. The van der Waals surface area contributed by atoms with Gasteiger partial charge < -0.3 is 5.32 Å². The summed E-state index contributed by atoms with van der Waals surface area (Å²) in [6.07, 6.45) is 7.98. The Labute approximate surface area is 80.4 Å². The van der Waals surface area contributed by atoms with Crippen molar-refractivity contribution in [3.63, 3.8) is 0 Å². The molecule has 0 radical (unpaired) electrons. The van der Waals surface area contributed by atoms with E-state index in [1.165, 1.54) is 19.3 Å². The molecule has 1 N–H and O–H groups in total. The summed E-state index contributed by atoms with van der Waals surface area (Å²) in [5, 5.41) is 3.31. The maximum atomic E-state index is 11.6. The van der Waals surface area contributed by atoms with Gasteiger partial charge in [-0.05, 0) is 25.8 Å². The summed E-state index contributed by atoms with van der Waals surface area (Å²) in [5.41, 5.74) is 0. The first-order chi connectivity index (χ1) is 6.34. The molecule has 0 aromatic heterocycles. The molecule has 0 aromatic rings. The lowest BCUT2D eigenvalue weighted by atomic mass is 10.0. The van der Waals surface area contributed by atoms with E-state index < -0.39 is 0 Å². The fourth-order valence-corrected chi connectivity index (χ4v) is 1.72. The first-order valence-electron chi connectivity index (χ1n) is 5.21. The SMILES string of the molecule is C=CCCC(=O)C1CCCCCN1. The predicted molar refractivity (Wildman–Crippen MR) is 54.7 cm³/mol. The van der Waals surface area contributed by atoms with Gasteiger partial charge in [-0.2, -0.15) is 0 Å². The van der Waals surface area contributed by atoms with Crippen LogP contribution in [-0.2, 0) is 4.79 Å². The summed E-state index contributed by atoms with van der Waals surface area (Å²) < 4.78 is 0. The third-order valence-corrected chi connectivity index (χ3v) is 2.54. The highest BCUT2D eigenvalue weighted by Crippen LogP contribution is 2.10. The summed E-state index contributed by atoms with van der Waals surface area (Å²) in [5.74, 6) is 0.363. The number of hydrogen-bond donors (Lipinski definition) is 1. The Bertz CT molecular complexity index is 169. The van der Waals surface area contributed by atoms with Gasteiger partial charge in [0.05, 0.1) is 6.04 Å². The van der Waals surface area contributed by atoms with Crippen molar-refractivity contribution in [3.8, 4) is 0 Å². The summed E-state index contributed by atoms with van der Waals surface area (Å²) in [4.78, 5) is 11.6. The van der Waals surface area contributed by atoms with Crippen molar-refractivity contribution in [2.75, 3.05) is 6.54 Å². The van der Waals surface area contributed by atoms with Gasteiger partial charge in [-0.3, -0.25) is 4.79 Å². The Morgan fingerprint density at radius 1 is 1.46 bits per heavy atom. The molecule has 1 heterocycles. The zero-order valence-corrected chi connectivity index (χ0v) is 8.22. The van der Waals surface area contributed by atoms with Crippen LogP contribution in [0, 0.1) is 0 Å². The van der Waals surface area contributed by atoms with Crippen LogP contribution in [0.5, 0.6) is 0 Å². The first kappa shape index (κ1) is 10.5. The molecule has 1 fully saturated rings. The molecule has 2 nitrogen and oxygen atoms in total. The zero-order valence-electron chi connectivity index (χ0n) is 8.22. The Morgan fingerprint density at radius 3 is 3.08 bits per heavy atom. The minimum absolute atomic E-state index is 0.127. The second-order valence-electron chi connectivity index (χ2n) is 3.65. The van der Waals surface area contributed by atoms with E-state index in [-0.39, 0.29) is 6.04 Å². The molecule has 2 heteroatoms. The van der Waals surface area contributed by atoms with Crippen molar-refractivity contribution >= 4 is 5.78 Å². The molecule has 0 saturated carbocycles. The third kappa shape index (κ3) is 3.73. The van der Waals surface area contributed by atoms with Crippen molar-refractivity contribution in [2.24, 2.45) is 0 Å². The number of rotatable bonds is 4. The lowest BCUT2D eigenvalue weighted by Gasteiger charge is -2.13. The van der Waals surface area contributed by atoms with Crippen LogP contribution in [-0.4, -0.2) is 18.4 Å². The molecule has 0 bridgehead atoms. The van der Waals surface area contributed by atoms with Crippen molar-refractivity contribution < 1.29 is 4.79 Å². The van der Waals surface area contributed by atoms with E-state index in [1.54, 1.807) is 0 Å². The highest BCUT2D eigenvalue weighted by molar-refractivity contribution is 5.84. The lowest BCUT2D eigenvalue weighted by Crippen LogP contribution is -2.35. The molecule has 1 atom stereocenters. The lowest BCUT2D eigenvalue weighted by molar-refractivity contribution is -0.121. The molecule has 13 heavy (non-hydrogen) atoms. The average molecular weight is 181 g/mol. The number of hydrogen-bond acceptors (Lipinski definition) is 2. The highest BCUT2D eigenvalue weighted by Gasteiger charge is 2.17. The third-order valence-electron chi connectivity index (χ3n) is 2.54. The molecule has 0 aliphatic carbocycles. The first-order valence-corrected chi connectivity index (χ1v) is 5.21. The molecule has 0 spiro atoms. The number of carbonyl (C=O) groups excluding carboxylic acids is 1. The Balaban J connectivity index is 2.30. The monoisotopic (exact) mass is 181 g/mol. The minimum atomic E-state index is 0.127. The normalized spacial score (nSPS) is 23.5. The molecule has 74 valence electrons. The summed E-state index contributed by atoms with van der Waals surface area (Å²) in [7, 11) is 0. The van der Waals surface area contributed by atoms with Crippen LogP contribution < -0.4 is 5.32 Å². The number of carbonyl (C=O) groups is 1. The number of Topliss-reactive ketones (excluding diaryl/α,β-unsaturated/α-hetero) is 1. The fourth-order valence-electron chi connectivity index (χ4n) is 1.72. The maximum absolute atomic E-state index is 11.6. The highest BCUT2D eigenvalue weighted by atomic mass is 16.1. The molecule has 0 amide bonds. The van der Waals surface area contributed by atoms with E-state index in [0.717, 1.165) is 19.4 Å². The largest absolute Gasteiger partial charge is 0.307 e. The van der Waals surface area contributed by atoms with Gasteiger partial charge in [-0.25, -0.2) is 0 Å². The molecule has 1 aliphatic rings. The van der Waals surface area contributed by atoms with Crippen LogP contribution in [0.15, 0.2) is 12.7 Å². The van der Waals surface area contributed by atoms with Crippen LogP contribution in [0.4, 0.5) is 0 Å².